The van der Waals surface area contributed by atoms with Gasteiger partial charge in [-0.3, -0.25) is 4.79 Å². The highest BCUT2D eigenvalue weighted by atomic mass is 32.1. The van der Waals surface area contributed by atoms with Gasteiger partial charge >= 0.3 is 0 Å². The first kappa shape index (κ1) is 20.1. The molecule has 0 bridgehead atoms. The second-order valence-electron chi connectivity index (χ2n) is 7.06. The molecule has 0 saturated carbocycles. The molecular weight excluding hydrogens is 372 g/mol. The number of nitrogens with one attached hydrogen (secondary N) is 1. The fraction of sp³-hybridized carbons (Fsp3) is 0.364. The number of benzene rings is 2. The minimum Gasteiger partial charge on any atom is -0.497 e. The second-order valence-corrected chi connectivity index (χ2v) is 7.45. The van der Waals surface area contributed by atoms with Crippen molar-refractivity contribution < 1.29 is 14.3 Å². The van der Waals surface area contributed by atoms with Gasteiger partial charge in [-0.15, -0.1) is 0 Å². The molecule has 0 aliphatic carbocycles. The molecule has 1 saturated heterocycles. The number of anilines is 1. The first-order chi connectivity index (χ1) is 13.5. The van der Waals surface area contributed by atoms with Crippen LogP contribution < -0.4 is 14.8 Å². The molecule has 28 heavy (non-hydrogen) atoms. The van der Waals surface area contributed by atoms with E-state index in [-0.39, 0.29) is 12.5 Å². The maximum Gasteiger partial charge on any atom is 0.262 e. The number of thiocarbonyl (C=S) groups is 1. The van der Waals surface area contributed by atoms with E-state index in [0.717, 1.165) is 35.3 Å². The lowest BCUT2D eigenvalue weighted by Gasteiger charge is -2.32. The standard InChI is InChI=1S/C22H26N2O3S/c1-16-11-13-24(14-12-16)22(28)17-3-7-20(8-4-17)27-15-21(25)23-18-5-9-19(26-2)10-6-18/h3-10,16H,11-15H2,1-2H3,(H,23,25). The van der Waals surface area contributed by atoms with E-state index >= 15 is 0 Å². The molecule has 1 heterocycles. The average Bonchev–Trinajstić information content (AvgIpc) is 2.73. The van der Waals surface area contributed by atoms with E-state index in [1.165, 1.54) is 12.8 Å². The summed E-state index contributed by atoms with van der Waals surface area (Å²) in [5, 5.41) is 2.79. The molecule has 5 nitrogen and oxygen atoms in total. The Hall–Kier alpha value is -2.60. The molecule has 2 aromatic rings. The Morgan fingerprint density at radius 2 is 1.68 bits per heavy atom. The van der Waals surface area contributed by atoms with Crippen molar-refractivity contribution >= 4 is 28.8 Å². The summed E-state index contributed by atoms with van der Waals surface area (Å²) in [6.07, 6.45) is 2.37. The highest BCUT2D eigenvalue weighted by Gasteiger charge is 2.18. The largest absolute Gasteiger partial charge is 0.497 e. The van der Waals surface area contributed by atoms with Crippen molar-refractivity contribution in [1.82, 2.24) is 4.90 Å². The topological polar surface area (TPSA) is 50.8 Å². The van der Waals surface area contributed by atoms with Crippen LogP contribution in [0.1, 0.15) is 25.3 Å². The molecule has 0 spiro atoms. The number of likely N-dealkylation sites (tertiary alicyclic amines) is 1. The first-order valence-electron chi connectivity index (χ1n) is 9.51. The van der Waals surface area contributed by atoms with E-state index in [4.69, 9.17) is 21.7 Å². The Bertz CT molecular complexity index is 798. The van der Waals surface area contributed by atoms with Crippen LogP contribution in [0.15, 0.2) is 48.5 Å². The van der Waals surface area contributed by atoms with E-state index < -0.39 is 0 Å². The molecule has 1 amide bonds. The number of carbonyl (C=O) groups excluding carboxylic acids is 1. The monoisotopic (exact) mass is 398 g/mol. The highest BCUT2D eigenvalue weighted by molar-refractivity contribution is 7.80. The van der Waals surface area contributed by atoms with Crippen LogP contribution in [0.25, 0.3) is 0 Å². The van der Waals surface area contributed by atoms with Gasteiger partial charge in [0, 0.05) is 24.3 Å². The summed E-state index contributed by atoms with van der Waals surface area (Å²) in [7, 11) is 1.60. The van der Waals surface area contributed by atoms with Gasteiger partial charge in [0.05, 0.1) is 7.11 Å². The molecule has 1 aliphatic rings. The van der Waals surface area contributed by atoms with Crippen molar-refractivity contribution in [3.05, 3.63) is 54.1 Å². The third kappa shape index (κ3) is 5.45. The summed E-state index contributed by atoms with van der Waals surface area (Å²) in [5.74, 6) is 1.95. The van der Waals surface area contributed by atoms with Crippen LogP contribution in [0, 0.1) is 5.92 Å². The Morgan fingerprint density at radius 1 is 1.07 bits per heavy atom. The minimum atomic E-state index is -0.216. The molecule has 148 valence electrons. The summed E-state index contributed by atoms with van der Waals surface area (Å²) in [6.45, 7) is 4.27. The molecule has 0 unspecified atom stereocenters. The zero-order valence-electron chi connectivity index (χ0n) is 16.3. The van der Waals surface area contributed by atoms with Crippen LogP contribution in [-0.4, -0.2) is 42.6 Å². The van der Waals surface area contributed by atoms with Crippen molar-refractivity contribution in [1.29, 1.82) is 0 Å². The van der Waals surface area contributed by atoms with Gasteiger partial charge < -0.3 is 19.7 Å². The molecule has 1 N–H and O–H groups in total. The van der Waals surface area contributed by atoms with Crippen molar-refractivity contribution in [2.24, 2.45) is 5.92 Å². The Labute approximate surface area is 171 Å². The van der Waals surface area contributed by atoms with E-state index in [1.54, 1.807) is 31.4 Å². The van der Waals surface area contributed by atoms with E-state index in [1.807, 2.05) is 24.3 Å². The van der Waals surface area contributed by atoms with Crippen LogP contribution in [0.3, 0.4) is 0 Å². The number of methoxy groups -OCH3 is 1. The highest BCUT2D eigenvalue weighted by Crippen LogP contribution is 2.20. The molecule has 2 aromatic carbocycles. The number of ether oxygens (including phenoxy) is 2. The normalized spacial score (nSPS) is 14.4. The van der Waals surface area contributed by atoms with Gasteiger partial charge in [-0.25, -0.2) is 0 Å². The van der Waals surface area contributed by atoms with Crippen LogP contribution in [0.4, 0.5) is 5.69 Å². The predicted molar refractivity (Wildman–Crippen MR) is 115 cm³/mol. The second kappa shape index (κ2) is 9.55. The molecular formula is C22H26N2O3S. The van der Waals surface area contributed by atoms with Gasteiger partial charge in [0.2, 0.25) is 0 Å². The molecule has 1 aliphatic heterocycles. The molecule has 0 atom stereocenters. The third-order valence-corrected chi connectivity index (χ3v) is 5.41. The summed E-state index contributed by atoms with van der Waals surface area (Å²) in [4.78, 5) is 15.2. The molecule has 0 aromatic heterocycles. The lowest BCUT2D eigenvalue weighted by molar-refractivity contribution is -0.118. The number of carbonyl (C=O) groups is 1. The van der Waals surface area contributed by atoms with Crippen molar-refractivity contribution in [3.8, 4) is 11.5 Å². The number of rotatable bonds is 6. The zero-order valence-corrected chi connectivity index (χ0v) is 17.1. The third-order valence-electron chi connectivity index (χ3n) is 4.92. The maximum absolute atomic E-state index is 12.1. The molecule has 6 heteroatoms. The van der Waals surface area contributed by atoms with Crippen LogP contribution >= 0.6 is 12.2 Å². The summed E-state index contributed by atoms with van der Waals surface area (Å²) in [6, 6.07) is 14.8. The van der Waals surface area contributed by atoms with Crippen LogP contribution in [0.2, 0.25) is 0 Å². The van der Waals surface area contributed by atoms with Crippen LogP contribution in [-0.2, 0) is 4.79 Å². The summed E-state index contributed by atoms with van der Waals surface area (Å²) < 4.78 is 10.7. The first-order valence-corrected chi connectivity index (χ1v) is 9.92. The van der Waals surface area contributed by atoms with Crippen LogP contribution in [0.5, 0.6) is 11.5 Å². The Balaban J connectivity index is 1.48. The number of hydrogen-bond acceptors (Lipinski definition) is 4. The SMILES string of the molecule is COc1ccc(NC(=O)COc2ccc(C(=S)N3CCC(C)CC3)cc2)cc1. The van der Waals surface area contributed by atoms with Crippen molar-refractivity contribution in [2.45, 2.75) is 19.8 Å². The number of nitrogens with zero attached hydrogens (tertiary/aromatic N) is 1. The fourth-order valence-corrected chi connectivity index (χ4v) is 3.43. The minimum absolute atomic E-state index is 0.0557. The summed E-state index contributed by atoms with van der Waals surface area (Å²) in [5.41, 5.74) is 1.71. The van der Waals surface area contributed by atoms with E-state index in [2.05, 4.69) is 17.1 Å². The zero-order chi connectivity index (χ0) is 19.9. The number of piperidine rings is 1. The fourth-order valence-electron chi connectivity index (χ4n) is 3.11. The van der Waals surface area contributed by atoms with E-state index in [9.17, 15) is 4.79 Å². The number of amides is 1. The maximum atomic E-state index is 12.1. The van der Waals surface area contributed by atoms with Gasteiger partial charge in [-0.05, 0) is 67.3 Å². The Morgan fingerprint density at radius 3 is 2.29 bits per heavy atom. The van der Waals surface area contributed by atoms with Gasteiger partial charge in [-0.2, -0.15) is 0 Å². The lowest BCUT2D eigenvalue weighted by atomic mass is 9.99. The van der Waals surface area contributed by atoms with Gasteiger partial charge in [0.15, 0.2) is 6.61 Å². The van der Waals surface area contributed by atoms with Gasteiger partial charge in [0.1, 0.15) is 16.5 Å². The lowest BCUT2D eigenvalue weighted by Crippen LogP contribution is -2.37. The molecule has 1 fully saturated rings. The van der Waals surface area contributed by atoms with Crippen molar-refractivity contribution in [3.63, 3.8) is 0 Å². The predicted octanol–water partition coefficient (Wildman–Crippen LogP) is 4.12. The van der Waals surface area contributed by atoms with Gasteiger partial charge in [0.25, 0.3) is 5.91 Å². The molecule has 0 radical (unpaired) electrons. The Kier molecular flexibility index (Phi) is 6.87. The van der Waals surface area contributed by atoms with Gasteiger partial charge in [-0.1, -0.05) is 19.1 Å². The average molecular weight is 399 g/mol. The van der Waals surface area contributed by atoms with Crippen molar-refractivity contribution in [2.75, 3.05) is 32.1 Å². The van der Waals surface area contributed by atoms with E-state index in [0.29, 0.717) is 11.4 Å². The smallest absolute Gasteiger partial charge is 0.262 e. The summed E-state index contributed by atoms with van der Waals surface area (Å²) >= 11 is 5.63. The molecule has 3 rings (SSSR count). The quantitative estimate of drug-likeness (QED) is 0.742. The number of hydrogen-bond donors (Lipinski definition) is 1.